The first-order valence-electron chi connectivity index (χ1n) is 6.69. The van der Waals surface area contributed by atoms with Crippen molar-refractivity contribution in [3.8, 4) is 0 Å². The minimum Gasteiger partial charge on any atom is -0.391 e. The summed E-state index contributed by atoms with van der Waals surface area (Å²) in [6.07, 6.45) is 3.86. The van der Waals surface area contributed by atoms with Crippen LogP contribution in [0.1, 0.15) is 36.8 Å². The molecule has 18 heavy (non-hydrogen) atoms. The summed E-state index contributed by atoms with van der Waals surface area (Å²) >= 11 is 0. The van der Waals surface area contributed by atoms with Gasteiger partial charge in [-0.3, -0.25) is 4.79 Å². The predicted octanol–water partition coefficient (Wildman–Crippen LogP) is 1.96. The lowest BCUT2D eigenvalue weighted by atomic mass is 9.92. The lowest BCUT2D eigenvalue weighted by Crippen LogP contribution is -2.45. The minimum atomic E-state index is -0.375. The van der Waals surface area contributed by atoms with Gasteiger partial charge in [-0.2, -0.15) is 0 Å². The summed E-state index contributed by atoms with van der Waals surface area (Å²) in [5.41, 5.74) is 2.19. The van der Waals surface area contributed by atoms with Crippen molar-refractivity contribution in [2.45, 2.75) is 51.2 Å². The van der Waals surface area contributed by atoms with Gasteiger partial charge in [-0.25, -0.2) is 0 Å². The molecule has 2 unspecified atom stereocenters. The second kappa shape index (κ2) is 6.01. The molecule has 0 heterocycles. The molecule has 2 N–H and O–H groups in total. The second-order valence-corrected chi connectivity index (χ2v) is 5.13. The van der Waals surface area contributed by atoms with Gasteiger partial charge in [0.25, 0.3) is 0 Å². The van der Waals surface area contributed by atoms with Crippen molar-refractivity contribution in [1.82, 2.24) is 5.32 Å². The highest BCUT2D eigenvalue weighted by atomic mass is 16.3. The second-order valence-electron chi connectivity index (χ2n) is 5.13. The smallest absolute Gasteiger partial charge is 0.224 e. The number of carbonyl (C=O) groups is 1. The number of rotatable bonds is 3. The van der Waals surface area contributed by atoms with Crippen LogP contribution in [0.4, 0.5) is 0 Å². The molecular formula is C15H21NO2. The summed E-state index contributed by atoms with van der Waals surface area (Å²) in [7, 11) is 0. The molecule has 1 aliphatic carbocycles. The fourth-order valence-electron chi connectivity index (χ4n) is 2.52. The predicted molar refractivity (Wildman–Crippen MR) is 71.3 cm³/mol. The quantitative estimate of drug-likeness (QED) is 0.857. The Bertz CT molecular complexity index is 417. The van der Waals surface area contributed by atoms with Crippen molar-refractivity contribution in [3.05, 3.63) is 35.4 Å². The van der Waals surface area contributed by atoms with Gasteiger partial charge in [-0.15, -0.1) is 0 Å². The van der Waals surface area contributed by atoms with Crippen LogP contribution in [0.2, 0.25) is 0 Å². The van der Waals surface area contributed by atoms with E-state index in [0.29, 0.717) is 6.42 Å². The van der Waals surface area contributed by atoms with Crippen molar-refractivity contribution in [2.75, 3.05) is 0 Å². The van der Waals surface area contributed by atoms with Crippen molar-refractivity contribution in [3.63, 3.8) is 0 Å². The first-order valence-corrected chi connectivity index (χ1v) is 6.69. The van der Waals surface area contributed by atoms with E-state index < -0.39 is 0 Å². The topological polar surface area (TPSA) is 49.3 Å². The Hall–Kier alpha value is -1.35. The van der Waals surface area contributed by atoms with Crippen LogP contribution in [0.15, 0.2) is 24.3 Å². The standard InChI is InChI=1S/C15H21NO2/c1-11-6-2-3-7-12(11)10-15(18)16-13-8-4-5-9-14(13)17/h2-3,6-7,13-14,17H,4-5,8-10H2,1H3,(H,16,18). The zero-order valence-corrected chi connectivity index (χ0v) is 10.9. The molecule has 2 rings (SSSR count). The van der Waals surface area contributed by atoms with Crippen molar-refractivity contribution >= 4 is 5.91 Å². The molecule has 1 aromatic rings. The van der Waals surface area contributed by atoms with Crippen LogP contribution < -0.4 is 5.32 Å². The molecule has 0 aliphatic heterocycles. The van der Waals surface area contributed by atoms with Crippen molar-refractivity contribution < 1.29 is 9.90 Å². The Morgan fingerprint density at radius 2 is 2.06 bits per heavy atom. The number of amides is 1. The Kier molecular flexibility index (Phi) is 4.37. The third-order valence-electron chi connectivity index (χ3n) is 3.69. The van der Waals surface area contributed by atoms with Gasteiger partial charge in [-0.1, -0.05) is 37.1 Å². The van der Waals surface area contributed by atoms with E-state index in [4.69, 9.17) is 0 Å². The van der Waals surface area contributed by atoms with E-state index in [1.54, 1.807) is 0 Å². The monoisotopic (exact) mass is 247 g/mol. The van der Waals surface area contributed by atoms with Gasteiger partial charge in [0, 0.05) is 0 Å². The third-order valence-corrected chi connectivity index (χ3v) is 3.69. The van der Waals surface area contributed by atoms with E-state index in [9.17, 15) is 9.90 Å². The maximum absolute atomic E-state index is 12.0. The molecule has 3 nitrogen and oxygen atoms in total. The summed E-state index contributed by atoms with van der Waals surface area (Å²) in [5.74, 6) is 0.00949. The Balaban J connectivity index is 1.90. The van der Waals surface area contributed by atoms with Crippen LogP contribution in [-0.2, 0) is 11.2 Å². The molecule has 3 heteroatoms. The average Bonchev–Trinajstić information content (AvgIpc) is 2.35. The molecule has 0 aromatic heterocycles. The molecule has 2 atom stereocenters. The average molecular weight is 247 g/mol. The number of hydrogen-bond acceptors (Lipinski definition) is 2. The lowest BCUT2D eigenvalue weighted by Gasteiger charge is -2.28. The van der Waals surface area contributed by atoms with Gasteiger partial charge in [0.05, 0.1) is 18.6 Å². The van der Waals surface area contributed by atoms with Crippen LogP contribution in [-0.4, -0.2) is 23.2 Å². The molecule has 1 aliphatic rings. The summed E-state index contributed by atoms with van der Waals surface area (Å²) in [6, 6.07) is 7.85. The van der Waals surface area contributed by atoms with E-state index in [2.05, 4.69) is 5.32 Å². The van der Waals surface area contributed by atoms with E-state index in [1.807, 2.05) is 31.2 Å². The summed E-state index contributed by atoms with van der Waals surface area (Å²) in [6.45, 7) is 2.01. The number of hydrogen-bond donors (Lipinski definition) is 2. The first kappa shape index (κ1) is 13.1. The maximum atomic E-state index is 12.0. The van der Waals surface area contributed by atoms with Gasteiger partial charge in [0.15, 0.2) is 0 Å². The highest BCUT2D eigenvalue weighted by molar-refractivity contribution is 5.79. The normalized spacial score (nSPS) is 23.7. The Morgan fingerprint density at radius 3 is 2.78 bits per heavy atom. The van der Waals surface area contributed by atoms with E-state index >= 15 is 0 Å². The van der Waals surface area contributed by atoms with E-state index in [1.165, 1.54) is 0 Å². The van der Waals surface area contributed by atoms with Crippen LogP contribution in [0.3, 0.4) is 0 Å². The molecule has 98 valence electrons. The minimum absolute atomic E-state index is 0.00949. The lowest BCUT2D eigenvalue weighted by molar-refractivity contribution is -0.122. The zero-order valence-electron chi connectivity index (χ0n) is 10.9. The molecule has 0 saturated heterocycles. The van der Waals surface area contributed by atoms with Gasteiger partial charge >= 0.3 is 0 Å². The fraction of sp³-hybridized carbons (Fsp3) is 0.533. The number of carbonyl (C=O) groups excluding carboxylic acids is 1. The van der Waals surface area contributed by atoms with Crippen LogP contribution in [0.25, 0.3) is 0 Å². The highest BCUT2D eigenvalue weighted by Crippen LogP contribution is 2.18. The number of benzene rings is 1. The number of aliphatic hydroxyl groups excluding tert-OH is 1. The zero-order chi connectivity index (χ0) is 13.0. The largest absolute Gasteiger partial charge is 0.391 e. The fourth-order valence-corrected chi connectivity index (χ4v) is 2.52. The van der Waals surface area contributed by atoms with E-state index in [0.717, 1.165) is 36.8 Å². The maximum Gasteiger partial charge on any atom is 0.224 e. The molecule has 0 spiro atoms. The highest BCUT2D eigenvalue weighted by Gasteiger charge is 2.24. The molecule has 0 bridgehead atoms. The van der Waals surface area contributed by atoms with Crippen LogP contribution in [0, 0.1) is 6.92 Å². The number of nitrogens with one attached hydrogen (secondary N) is 1. The summed E-state index contributed by atoms with van der Waals surface area (Å²) in [4.78, 5) is 12.0. The molecule has 1 fully saturated rings. The molecule has 1 aromatic carbocycles. The van der Waals surface area contributed by atoms with Crippen LogP contribution in [0.5, 0.6) is 0 Å². The molecule has 1 saturated carbocycles. The SMILES string of the molecule is Cc1ccccc1CC(=O)NC1CCCCC1O. The van der Waals surface area contributed by atoms with Crippen LogP contribution >= 0.6 is 0 Å². The Morgan fingerprint density at radius 1 is 1.33 bits per heavy atom. The molecular weight excluding hydrogens is 226 g/mol. The number of aryl methyl sites for hydroxylation is 1. The molecule has 0 radical (unpaired) electrons. The van der Waals surface area contributed by atoms with E-state index in [-0.39, 0.29) is 18.1 Å². The van der Waals surface area contributed by atoms with Gasteiger partial charge < -0.3 is 10.4 Å². The summed E-state index contributed by atoms with van der Waals surface area (Å²) < 4.78 is 0. The van der Waals surface area contributed by atoms with Gasteiger partial charge in [0.2, 0.25) is 5.91 Å². The number of aliphatic hydroxyl groups is 1. The summed E-state index contributed by atoms with van der Waals surface area (Å²) in [5, 5.41) is 12.8. The third kappa shape index (κ3) is 3.33. The Labute approximate surface area is 108 Å². The van der Waals surface area contributed by atoms with Gasteiger partial charge in [0.1, 0.15) is 0 Å². The van der Waals surface area contributed by atoms with Gasteiger partial charge in [-0.05, 0) is 30.9 Å². The van der Waals surface area contributed by atoms with Crippen molar-refractivity contribution in [2.24, 2.45) is 0 Å². The van der Waals surface area contributed by atoms with Crippen molar-refractivity contribution in [1.29, 1.82) is 0 Å². The first-order chi connectivity index (χ1) is 8.66. The molecule has 1 amide bonds.